The van der Waals surface area contributed by atoms with Gasteiger partial charge in [0.1, 0.15) is 0 Å². The Bertz CT molecular complexity index is 1180. The van der Waals surface area contributed by atoms with Crippen LogP contribution < -0.4 is 5.32 Å². The van der Waals surface area contributed by atoms with Crippen molar-refractivity contribution in [2.45, 2.75) is 25.4 Å². The highest BCUT2D eigenvalue weighted by atomic mass is 32.1. The number of nitrogens with zero attached hydrogens (tertiary/aromatic N) is 4. The third-order valence-corrected chi connectivity index (χ3v) is 5.69. The van der Waals surface area contributed by atoms with Crippen molar-refractivity contribution in [1.29, 1.82) is 0 Å². The number of nitrogens with one attached hydrogen (secondary N) is 1. The quantitative estimate of drug-likeness (QED) is 0.418. The summed E-state index contributed by atoms with van der Waals surface area (Å²) in [5.74, 6) is -0.154. The molecule has 0 fully saturated rings. The molecule has 0 saturated heterocycles. The Balaban J connectivity index is 1.42. The number of carbonyl (C=O) groups excluding carboxylic acids is 1. The third kappa shape index (κ3) is 4.18. The molecule has 0 bridgehead atoms. The van der Waals surface area contributed by atoms with Gasteiger partial charge in [0.15, 0.2) is 16.6 Å². The molecule has 30 heavy (non-hydrogen) atoms. The standard InChI is InChI=1S/C20H16F3N5OS/c1-12(9-16(29)15-10-26-28-8-2-7-24-18(15)28)17-11-25-19(30-17)27-14-5-3-13(4-6-14)20(21,22)23/h2-8,10-12H,9H2,1H3,(H,25,27). The number of halogens is 3. The molecular formula is C20H16F3N5OS. The smallest absolute Gasteiger partial charge is 0.332 e. The van der Waals surface area contributed by atoms with Crippen LogP contribution in [0.2, 0.25) is 0 Å². The van der Waals surface area contributed by atoms with Gasteiger partial charge in [-0.25, -0.2) is 14.5 Å². The summed E-state index contributed by atoms with van der Waals surface area (Å²) >= 11 is 1.36. The van der Waals surface area contributed by atoms with Gasteiger partial charge in [0.05, 0.1) is 17.3 Å². The Labute approximate surface area is 173 Å². The molecule has 1 aromatic carbocycles. The predicted molar refractivity (Wildman–Crippen MR) is 107 cm³/mol. The molecule has 0 saturated carbocycles. The number of anilines is 2. The van der Waals surface area contributed by atoms with E-state index in [1.165, 1.54) is 29.7 Å². The van der Waals surface area contributed by atoms with E-state index in [1.807, 2.05) is 6.92 Å². The number of aromatic nitrogens is 4. The maximum Gasteiger partial charge on any atom is 0.416 e. The number of ketones is 1. The molecule has 0 aliphatic rings. The Kier molecular flexibility index (Phi) is 5.25. The Morgan fingerprint density at radius 3 is 2.70 bits per heavy atom. The first-order valence-electron chi connectivity index (χ1n) is 9.03. The van der Waals surface area contributed by atoms with Crippen molar-refractivity contribution in [2.24, 2.45) is 0 Å². The summed E-state index contributed by atoms with van der Waals surface area (Å²) in [6.45, 7) is 1.92. The van der Waals surface area contributed by atoms with E-state index in [-0.39, 0.29) is 18.1 Å². The Morgan fingerprint density at radius 1 is 1.20 bits per heavy atom. The molecule has 3 heterocycles. The number of alkyl halides is 3. The number of Topliss-reactive ketones (excluding diaryl/α,β-unsaturated/α-hetero) is 1. The molecule has 0 aliphatic heterocycles. The van der Waals surface area contributed by atoms with E-state index in [4.69, 9.17) is 0 Å². The molecule has 154 valence electrons. The lowest BCUT2D eigenvalue weighted by Crippen LogP contribution is -2.04. The van der Waals surface area contributed by atoms with Crippen LogP contribution in [-0.4, -0.2) is 25.4 Å². The molecule has 4 rings (SSSR count). The average Bonchev–Trinajstić information content (AvgIpc) is 3.35. The van der Waals surface area contributed by atoms with Crippen LogP contribution in [0.15, 0.2) is 55.1 Å². The molecule has 0 radical (unpaired) electrons. The summed E-state index contributed by atoms with van der Waals surface area (Å²) in [4.78, 5) is 22.1. The van der Waals surface area contributed by atoms with Gasteiger partial charge in [0, 0.05) is 35.6 Å². The normalized spacial score (nSPS) is 12.8. The number of fused-ring (bicyclic) bond motifs is 1. The van der Waals surface area contributed by atoms with Gasteiger partial charge in [0.2, 0.25) is 0 Å². The van der Waals surface area contributed by atoms with Crippen LogP contribution in [0.1, 0.15) is 40.1 Å². The average molecular weight is 431 g/mol. The zero-order valence-electron chi connectivity index (χ0n) is 15.7. The lowest BCUT2D eigenvalue weighted by Gasteiger charge is -2.08. The van der Waals surface area contributed by atoms with Crippen molar-refractivity contribution >= 4 is 33.6 Å². The van der Waals surface area contributed by atoms with E-state index in [0.717, 1.165) is 17.0 Å². The summed E-state index contributed by atoms with van der Waals surface area (Å²) in [5.41, 5.74) is 0.783. The summed E-state index contributed by atoms with van der Waals surface area (Å²) in [7, 11) is 0. The van der Waals surface area contributed by atoms with Gasteiger partial charge in [0.25, 0.3) is 0 Å². The lowest BCUT2D eigenvalue weighted by molar-refractivity contribution is -0.137. The molecule has 0 aliphatic carbocycles. The van der Waals surface area contributed by atoms with Gasteiger partial charge >= 0.3 is 6.18 Å². The van der Waals surface area contributed by atoms with E-state index >= 15 is 0 Å². The highest BCUT2D eigenvalue weighted by Gasteiger charge is 2.30. The van der Waals surface area contributed by atoms with Gasteiger partial charge < -0.3 is 5.32 Å². The van der Waals surface area contributed by atoms with Gasteiger partial charge in [-0.3, -0.25) is 4.79 Å². The molecule has 10 heteroatoms. The second-order valence-corrected chi connectivity index (χ2v) is 7.80. The maximum absolute atomic E-state index is 12.7. The summed E-state index contributed by atoms with van der Waals surface area (Å²) < 4.78 is 39.5. The molecule has 0 amide bonds. The topological polar surface area (TPSA) is 72.2 Å². The van der Waals surface area contributed by atoms with Gasteiger partial charge in [-0.05, 0) is 36.2 Å². The summed E-state index contributed by atoms with van der Waals surface area (Å²) in [6.07, 6.45) is 2.42. The first-order chi connectivity index (χ1) is 14.3. The van der Waals surface area contributed by atoms with Crippen molar-refractivity contribution in [3.05, 3.63) is 71.1 Å². The van der Waals surface area contributed by atoms with Crippen molar-refractivity contribution in [3.63, 3.8) is 0 Å². The number of thiazole rings is 1. The SMILES string of the molecule is CC(CC(=O)c1cnn2cccnc12)c1cnc(Nc2ccc(C(F)(F)F)cc2)s1. The van der Waals surface area contributed by atoms with Crippen LogP contribution in [0.5, 0.6) is 0 Å². The number of hydrogen-bond acceptors (Lipinski definition) is 6. The molecule has 1 atom stereocenters. The molecule has 1 N–H and O–H groups in total. The summed E-state index contributed by atoms with van der Waals surface area (Å²) in [6, 6.07) is 6.48. The number of rotatable bonds is 6. The number of hydrogen-bond donors (Lipinski definition) is 1. The zero-order valence-corrected chi connectivity index (χ0v) is 16.5. The first kappa shape index (κ1) is 20.0. The first-order valence-corrected chi connectivity index (χ1v) is 9.84. The zero-order chi connectivity index (χ0) is 21.3. The minimum atomic E-state index is -4.37. The van der Waals surface area contributed by atoms with Crippen molar-refractivity contribution in [3.8, 4) is 0 Å². The van der Waals surface area contributed by atoms with Crippen molar-refractivity contribution in [2.75, 3.05) is 5.32 Å². The minimum Gasteiger partial charge on any atom is -0.332 e. The lowest BCUT2D eigenvalue weighted by atomic mass is 10.0. The number of benzene rings is 1. The second-order valence-electron chi connectivity index (χ2n) is 6.74. The minimum absolute atomic E-state index is 0.0677. The fraction of sp³-hybridized carbons (Fsp3) is 0.200. The molecule has 6 nitrogen and oxygen atoms in total. The van der Waals surface area contributed by atoms with E-state index in [9.17, 15) is 18.0 Å². The van der Waals surface area contributed by atoms with Gasteiger partial charge in [-0.1, -0.05) is 6.92 Å². The summed E-state index contributed by atoms with van der Waals surface area (Å²) in [5, 5.41) is 7.67. The molecule has 1 unspecified atom stereocenters. The highest BCUT2D eigenvalue weighted by molar-refractivity contribution is 7.15. The van der Waals surface area contributed by atoms with Crippen LogP contribution in [0.25, 0.3) is 5.65 Å². The van der Waals surface area contributed by atoms with Gasteiger partial charge in [-0.15, -0.1) is 11.3 Å². The van der Waals surface area contributed by atoms with Crippen molar-refractivity contribution < 1.29 is 18.0 Å². The molecule has 0 spiro atoms. The largest absolute Gasteiger partial charge is 0.416 e. The van der Waals surface area contributed by atoms with Crippen LogP contribution in [0.3, 0.4) is 0 Å². The maximum atomic E-state index is 12.7. The van der Waals surface area contributed by atoms with Crippen LogP contribution in [0.4, 0.5) is 24.0 Å². The van der Waals surface area contributed by atoms with Crippen molar-refractivity contribution in [1.82, 2.24) is 19.6 Å². The Hall–Kier alpha value is -3.27. The van der Waals surface area contributed by atoms with E-state index in [0.29, 0.717) is 22.0 Å². The van der Waals surface area contributed by atoms with E-state index in [1.54, 1.807) is 29.2 Å². The molecule has 3 aromatic heterocycles. The second kappa shape index (κ2) is 7.86. The third-order valence-electron chi connectivity index (χ3n) is 4.54. The van der Waals surface area contributed by atoms with Gasteiger partial charge in [-0.2, -0.15) is 18.3 Å². The predicted octanol–water partition coefficient (Wildman–Crippen LogP) is 5.32. The number of carbonyl (C=O) groups is 1. The Morgan fingerprint density at radius 2 is 1.97 bits per heavy atom. The van der Waals surface area contributed by atoms with E-state index in [2.05, 4.69) is 20.4 Å². The van der Waals surface area contributed by atoms with E-state index < -0.39 is 11.7 Å². The molecular weight excluding hydrogens is 415 g/mol. The molecule has 4 aromatic rings. The van der Waals surface area contributed by atoms with Crippen LogP contribution in [0, 0.1) is 0 Å². The monoisotopic (exact) mass is 431 g/mol. The van der Waals surface area contributed by atoms with Crippen LogP contribution in [-0.2, 0) is 6.18 Å². The fourth-order valence-electron chi connectivity index (χ4n) is 2.95. The fourth-order valence-corrected chi connectivity index (χ4v) is 3.84. The highest BCUT2D eigenvalue weighted by Crippen LogP contribution is 2.33. The van der Waals surface area contributed by atoms with Crippen LogP contribution >= 0.6 is 11.3 Å².